The molecule has 100 valence electrons. The number of nitrogens with zero attached hydrogens (tertiary/aromatic N) is 4. The Morgan fingerprint density at radius 3 is 2.94 bits per heavy atom. The molecule has 0 spiro atoms. The molecule has 2 rings (SSSR count). The lowest BCUT2D eigenvalue weighted by Gasteiger charge is -2.42. The van der Waals surface area contributed by atoms with Gasteiger partial charge in [-0.15, -0.1) is 5.10 Å². The molecule has 0 bridgehead atoms. The van der Waals surface area contributed by atoms with Crippen LogP contribution in [0.5, 0.6) is 0 Å². The van der Waals surface area contributed by atoms with Gasteiger partial charge in [0.1, 0.15) is 0 Å². The molecular formula is C11H18N4O3. The molecule has 1 unspecified atom stereocenters. The molecule has 7 nitrogen and oxygen atoms in total. The van der Waals surface area contributed by atoms with Crippen molar-refractivity contribution in [2.75, 3.05) is 26.8 Å². The first-order chi connectivity index (χ1) is 8.61. The van der Waals surface area contributed by atoms with Gasteiger partial charge in [0.25, 0.3) is 0 Å². The summed E-state index contributed by atoms with van der Waals surface area (Å²) in [6, 6.07) is 0.708. The van der Waals surface area contributed by atoms with Crippen molar-refractivity contribution < 1.29 is 14.6 Å². The maximum absolute atomic E-state index is 10.7. The molecule has 0 aliphatic carbocycles. The summed E-state index contributed by atoms with van der Waals surface area (Å²) in [7, 11) is 1.70. The molecule has 0 saturated carbocycles. The average Bonchev–Trinajstić information content (AvgIpc) is 2.73. The van der Waals surface area contributed by atoms with Crippen LogP contribution < -0.4 is 0 Å². The lowest BCUT2D eigenvalue weighted by Crippen LogP contribution is -2.52. The van der Waals surface area contributed by atoms with E-state index in [9.17, 15) is 4.79 Å². The van der Waals surface area contributed by atoms with Crippen LogP contribution in [-0.4, -0.2) is 63.8 Å². The highest BCUT2D eigenvalue weighted by Crippen LogP contribution is 2.23. The van der Waals surface area contributed by atoms with Gasteiger partial charge in [-0.1, -0.05) is 5.21 Å². The van der Waals surface area contributed by atoms with Crippen molar-refractivity contribution in [1.29, 1.82) is 0 Å². The van der Waals surface area contributed by atoms with Crippen molar-refractivity contribution in [2.24, 2.45) is 0 Å². The molecular weight excluding hydrogens is 236 g/mol. The minimum absolute atomic E-state index is 0.000816. The normalized spacial score (nSPS) is 18.6. The largest absolute Gasteiger partial charge is 0.476 e. The Morgan fingerprint density at radius 1 is 1.67 bits per heavy atom. The second-order valence-corrected chi connectivity index (χ2v) is 4.63. The second-order valence-electron chi connectivity index (χ2n) is 4.63. The molecule has 1 fully saturated rings. The Hall–Kier alpha value is -1.47. The van der Waals surface area contributed by atoms with E-state index in [1.807, 2.05) is 0 Å². The second kappa shape index (κ2) is 5.45. The van der Waals surface area contributed by atoms with Crippen LogP contribution >= 0.6 is 0 Å². The smallest absolute Gasteiger partial charge is 0.358 e. The van der Waals surface area contributed by atoms with Gasteiger partial charge in [-0.3, -0.25) is 4.90 Å². The van der Waals surface area contributed by atoms with Gasteiger partial charge in [0.15, 0.2) is 5.69 Å². The number of rotatable bonds is 6. The standard InChI is InChI=1S/C11H18N4O3/c1-8(3-4-18-2)14-5-9(6-14)15-7-10(11(16)17)12-13-15/h7-9H,3-6H2,1-2H3,(H,16,17). The van der Waals surface area contributed by atoms with Crippen LogP contribution in [0.2, 0.25) is 0 Å². The molecule has 1 N–H and O–H groups in total. The van der Waals surface area contributed by atoms with Gasteiger partial charge in [0.2, 0.25) is 0 Å². The summed E-state index contributed by atoms with van der Waals surface area (Å²) < 4.78 is 6.69. The number of carboxylic acid groups (broad SMARTS) is 1. The Bertz CT molecular complexity index is 414. The Kier molecular flexibility index (Phi) is 3.93. The lowest BCUT2D eigenvalue weighted by atomic mass is 10.0. The summed E-state index contributed by atoms with van der Waals surface area (Å²) in [5.41, 5.74) is 0.000816. The van der Waals surface area contributed by atoms with Crippen molar-refractivity contribution in [3.63, 3.8) is 0 Å². The Balaban J connectivity index is 1.82. The van der Waals surface area contributed by atoms with Crippen LogP contribution in [0.1, 0.15) is 29.9 Å². The number of aromatic nitrogens is 3. The first-order valence-electron chi connectivity index (χ1n) is 6.00. The van der Waals surface area contributed by atoms with Gasteiger partial charge >= 0.3 is 5.97 Å². The monoisotopic (exact) mass is 254 g/mol. The molecule has 1 aliphatic heterocycles. The molecule has 0 radical (unpaired) electrons. The van der Waals surface area contributed by atoms with Crippen molar-refractivity contribution in [1.82, 2.24) is 19.9 Å². The fourth-order valence-electron chi connectivity index (χ4n) is 2.04. The Morgan fingerprint density at radius 2 is 2.39 bits per heavy atom. The maximum Gasteiger partial charge on any atom is 0.358 e. The summed E-state index contributed by atoms with van der Waals surface area (Å²) in [6.45, 7) is 4.69. The summed E-state index contributed by atoms with van der Waals surface area (Å²) in [6.07, 6.45) is 2.49. The predicted molar refractivity (Wildman–Crippen MR) is 63.5 cm³/mol. The van der Waals surface area contributed by atoms with Gasteiger partial charge in [-0.2, -0.15) is 0 Å². The van der Waals surface area contributed by atoms with E-state index in [0.29, 0.717) is 6.04 Å². The third kappa shape index (κ3) is 2.68. The van der Waals surface area contributed by atoms with Gasteiger partial charge in [-0.05, 0) is 13.3 Å². The van der Waals surface area contributed by atoms with Crippen LogP contribution in [0.15, 0.2) is 6.20 Å². The van der Waals surface area contributed by atoms with E-state index in [4.69, 9.17) is 9.84 Å². The third-order valence-electron chi connectivity index (χ3n) is 3.36. The summed E-state index contributed by atoms with van der Waals surface area (Å²) >= 11 is 0. The molecule has 1 aliphatic rings. The van der Waals surface area contributed by atoms with Crippen LogP contribution in [-0.2, 0) is 4.74 Å². The van der Waals surface area contributed by atoms with Crippen molar-refractivity contribution in [3.05, 3.63) is 11.9 Å². The molecule has 18 heavy (non-hydrogen) atoms. The van der Waals surface area contributed by atoms with Crippen LogP contribution in [0.4, 0.5) is 0 Å². The van der Waals surface area contributed by atoms with E-state index in [-0.39, 0.29) is 11.7 Å². The number of ether oxygens (including phenoxy) is 1. The van der Waals surface area contributed by atoms with E-state index < -0.39 is 5.97 Å². The SMILES string of the molecule is COCCC(C)N1CC(n2cc(C(=O)O)nn2)C1. The van der Waals surface area contributed by atoms with E-state index in [1.165, 1.54) is 6.20 Å². The fourth-order valence-corrected chi connectivity index (χ4v) is 2.04. The van der Waals surface area contributed by atoms with Crippen molar-refractivity contribution in [2.45, 2.75) is 25.4 Å². The maximum atomic E-state index is 10.7. The quantitative estimate of drug-likeness (QED) is 0.784. The van der Waals surface area contributed by atoms with E-state index in [0.717, 1.165) is 26.1 Å². The summed E-state index contributed by atoms with van der Waals surface area (Å²) in [4.78, 5) is 13.0. The molecule has 1 aromatic rings. The molecule has 1 aromatic heterocycles. The van der Waals surface area contributed by atoms with Crippen molar-refractivity contribution >= 4 is 5.97 Å². The summed E-state index contributed by atoms with van der Waals surface area (Å²) in [5, 5.41) is 16.2. The number of carbonyl (C=O) groups is 1. The average molecular weight is 254 g/mol. The number of aromatic carboxylic acids is 1. The van der Waals surface area contributed by atoms with E-state index in [2.05, 4.69) is 22.1 Å². The zero-order valence-electron chi connectivity index (χ0n) is 10.6. The van der Waals surface area contributed by atoms with Crippen LogP contribution in [0.25, 0.3) is 0 Å². The molecule has 1 saturated heterocycles. The number of methoxy groups -OCH3 is 1. The number of likely N-dealkylation sites (tertiary alicyclic amines) is 1. The first-order valence-corrected chi connectivity index (χ1v) is 6.00. The van der Waals surface area contributed by atoms with Crippen LogP contribution in [0, 0.1) is 0 Å². The fraction of sp³-hybridized carbons (Fsp3) is 0.727. The zero-order valence-corrected chi connectivity index (χ0v) is 10.6. The number of hydrogen-bond donors (Lipinski definition) is 1. The van der Waals surface area contributed by atoms with E-state index >= 15 is 0 Å². The van der Waals surface area contributed by atoms with Gasteiger partial charge in [-0.25, -0.2) is 9.48 Å². The van der Waals surface area contributed by atoms with Crippen molar-refractivity contribution in [3.8, 4) is 0 Å². The highest BCUT2D eigenvalue weighted by atomic mass is 16.5. The zero-order chi connectivity index (χ0) is 13.1. The van der Waals surface area contributed by atoms with Crippen LogP contribution in [0.3, 0.4) is 0 Å². The number of hydrogen-bond acceptors (Lipinski definition) is 5. The third-order valence-corrected chi connectivity index (χ3v) is 3.36. The topological polar surface area (TPSA) is 80.5 Å². The molecule has 1 atom stereocenters. The molecule has 7 heteroatoms. The Labute approximate surface area is 105 Å². The minimum atomic E-state index is -1.04. The van der Waals surface area contributed by atoms with Gasteiger partial charge in [0.05, 0.1) is 12.2 Å². The van der Waals surface area contributed by atoms with Gasteiger partial charge < -0.3 is 9.84 Å². The minimum Gasteiger partial charge on any atom is -0.476 e. The molecule has 0 amide bonds. The first kappa shape index (κ1) is 13.0. The molecule has 2 heterocycles. The highest BCUT2D eigenvalue weighted by Gasteiger charge is 2.32. The molecule has 0 aromatic carbocycles. The lowest BCUT2D eigenvalue weighted by molar-refractivity contribution is 0.0431. The van der Waals surface area contributed by atoms with E-state index in [1.54, 1.807) is 11.8 Å². The highest BCUT2D eigenvalue weighted by molar-refractivity contribution is 5.84. The summed E-state index contributed by atoms with van der Waals surface area (Å²) in [5.74, 6) is -1.04. The predicted octanol–water partition coefficient (Wildman–Crippen LogP) is 0.258. The number of carboxylic acids is 1. The van der Waals surface area contributed by atoms with Gasteiger partial charge in [0, 0.05) is 32.8 Å².